The van der Waals surface area contributed by atoms with Gasteiger partial charge in [0.15, 0.2) is 12.2 Å². The molecule has 0 bridgehead atoms. The first-order chi connectivity index (χ1) is 46.1. The van der Waals surface area contributed by atoms with Crippen LogP contribution in [0.1, 0.15) is 389 Å². The molecule has 0 aromatic carbocycles. The van der Waals surface area contributed by atoms with Crippen LogP contribution in [-0.2, 0) is 65.4 Å². The molecule has 0 aliphatic carbocycles. The minimum Gasteiger partial charge on any atom is -0.462 e. The van der Waals surface area contributed by atoms with Crippen LogP contribution in [-0.4, -0.2) is 96.7 Å². The SMILES string of the molecule is CCC(C)CCCCCCCCC(=O)OC[C@H](COP(=O)(O)OC[C@H](O)COP(=O)(O)OC[C@@H](COC(=O)CCCCCCCCCCCCCCCCCCC(C)C)OC(=O)CCCCCCCCCC(C)C)OC(=O)CCCCCCCCCCCCCCCCC(C)C. The molecule has 0 saturated carbocycles. The summed E-state index contributed by atoms with van der Waals surface area (Å²) < 4.78 is 68.5. The van der Waals surface area contributed by atoms with E-state index in [9.17, 15) is 43.2 Å². The fourth-order valence-corrected chi connectivity index (χ4v) is 13.3. The average Bonchev–Trinajstić information content (AvgIpc) is 1.58. The number of hydrogen-bond acceptors (Lipinski definition) is 15. The van der Waals surface area contributed by atoms with E-state index < -0.39 is 97.5 Å². The average molecular weight is 1410 g/mol. The maximum Gasteiger partial charge on any atom is 0.472 e. The van der Waals surface area contributed by atoms with Crippen molar-refractivity contribution in [3.63, 3.8) is 0 Å². The molecular weight excluding hydrogens is 1260 g/mol. The lowest BCUT2D eigenvalue weighted by Gasteiger charge is -2.21. The van der Waals surface area contributed by atoms with E-state index >= 15 is 0 Å². The van der Waals surface area contributed by atoms with E-state index in [1.165, 1.54) is 186 Å². The van der Waals surface area contributed by atoms with E-state index in [0.717, 1.165) is 114 Å². The summed E-state index contributed by atoms with van der Waals surface area (Å²) >= 11 is 0. The molecule has 0 heterocycles. The van der Waals surface area contributed by atoms with Crippen LogP contribution in [0.4, 0.5) is 0 Å². The second kappa shape index (κ2) is 66.3. The molecule has 570 valence electrons. The Kier molecular flexibility index (Phi) is 65.0. The van der Waals surface area contributed by atoms with E-state index in [1.54, 1.807) is 0 Å². The van der Waals surface area contributed by atoms with Gasteiger partial charge in [-0.1, -0.05) is 338 Å². The maximum absolute atomic E-state index is 13.1. The number of phosphoric ester groups is 2. The lowest BCUT2D eigenvalue weighted by atomic mass is 10.00. The largest absolute Gasteiger partial charge is 0.472 e. The molecule has 0 aliphatic rings. The maximum atomic E-state index is 13.1. The van der Waals surface area contributed by atoms with Gasteiger partial charge >= 0.3 is 39.5 Å². The van der Waals surface area contributed by atoms with Gasteiger partial charge in [-0.05, 0) is 49.4 Å². The monoisotopic (exact) mass is 1410 g/mol. The Balaban J connectivity index is 5.17. The van der Waals surface area contributed by atoms with Crippen molar-refractivity contribution in [2.45, 2.75) is 408 Å². The zero-order valence-electron chi connectivity index (χ0n) is 63.0. The molecule has 19 heteroatoms. The van der Waals surface area contributed by atoms with Crippen LogP contribution in [0.3, 0.4) is 0 Å². The van der Waals surface area contributed by atoms with Crippen molar-refractivity contribution in [3.8, 4) is 0 Å². The summed E-state index contributed by atoms with van der Waals surface area (Å²) in [4.78, 5) is 72.8. The lowest BCUT2D eigenvalue weighted by Crippen LogP contribution is -2.30. The summed E-state index contributed by atoms with van der Waals surface area (Å²) in [5, 5.41) is 10.6. The molecular formula is C77H150O17P2. The molecule has 0 spiro atoms. The Bertz CT molecular complexity index is 1890. The number of aliphatic hydroxyl groups is 1. The second-order valence-electron chi connectivity index (χ2n) is 29.4. The molecule has 0 rings (SSSR count). The van der Waals surface area contributed by atoms with Gasteiger partial charge in [-0.2, -0.15) is 0 Å². The number of ether oxygens (including phenoxy) is 4. The summed E-state index contributed by atoms with van der Waals surface area (Å²) in [7, 11) is -9.91. The number of rotatable bonds is 74. The Morgan fingerprint density at radius 2 is 0.500 bits per heavy atom. The molecule has 0 fully saturated rings. The Labute approximate surface area is 588 Å². The smallest absolute Gasteiger partial charge is 0.462 e. The van der Waals surface area contributed by atoms with Gasteiger partial charge in [-0.3, -0.25) is 37.3 Å². The number of carbonyl (C=O) groups excluding carboxylic acids is 4. The predicted molar refractivity (Wildman–Crippen MR) is 391 cm³/mol. The van der Waals surface area contributed by atoms with E-state index in [0.29, 0.717) is 31.6 Å². The van der Waals surface area contributed by atoms with Crippen molar-refractivity contribution in [2.75, 3.05) is 39.6 Å². The highest BCUT2D eigenvalue weighted by Gasteiger charge is 2.30. The van der Waals surface area contributed by atoms with Crippen LogP contribution in [0.25, 0.3) is 0 Å². The number of unbranched alkanes of at least 4 members (excludes halogenated alkanes) is 39. The third-order valence-corrected chi connectivity index (χ3v) is 20.1. The molecule has 0 radical (unpaired) electrons. The minimum absolute atomic E-state index is 0.103. The molecule has 0 amide bonds. The van der Waals surface area contributed by atoms with Gasteiger partial charge in [-0.15, -0.1) is 0 Å². The summed E-state index contributed by atoms with van der Waals surface area (Å²) in [6.45, 7) is 14.2. The third-order valence-electron chi connectivity index (χ3n) is 18.2. The molecule has 3 unspecified atom stereocenters. The van der Waals surface area contributed by atoms with E-state index in [4.69, 9.17) is 37.0 Å². The second-order valence-corrected chi connectivity index (χ2v) is 32.3. The summed E-state index contributed by atoms with van der Waals surface area (Å²) in [6, 6.07) is 0. The zero-order chi connectivity index (χ0) is 71.0. The van der Waals surface area contributed by atoms with Gasteiger partial charge in [-0.25, -0.2) is 9.13 Å². The number of esters is 4. The van der Waals surface area contributed by atoms with Crippen molar-refractivity contribution < 1.29 is 80.2 Å². The minimum atomic E-state index is -4.96. The highest BCUT2D eigenvalue weighted by molar-refractivity contribution is 7.47. The van der Waals surface area contributed by atoms with Gasteiger partial charge in [0.2, 0.25) is 0 Å². The Hall–Kier alpha value is -1.94. The van der Waals surface area contributed by atoms with E-state index in [1.807, 2.05) is 0 Å². The van der Waals surface area contributed by atoms with Crippen LogP contribution < -0.4 is 0 Å². The Morgan fingerprint density at radius 3 is 0.740 bits per heavy atom. The van der Waals surface area contributed by atoms with Gasteiger partial charge < -0.3 is 33.8 Å². The molecule has 0 aromatic heterocycles. The highest BCUT2D eigenvalue weighted by Crippen LogP contribution is 2.45. The van der Waals surface area contributed by atoms with Crippen LogP contribution in [0.2, 0.25) is 0 Å². The van der Waals surface area contributed by atoms with Gasteiger partial charge in [0, 0.05) is 25.7 Å². The zero-order valence-corrected chi connectivity index (χ0v) is 64.8. The summed E-state index contributed by atoms with van der Waals surface area (Å²) in [6.07, 6.45) is 51.6. The standard InChI is InChI=1S/C77H150O17P2/c1-9-70(8)56-48-40-35-36-42-50-58-75(80)88-64-73(93-76(81)59-51-43-33-27-23-19-15-14-17-21-25-30-38-46-54-68(4)5)66-92-96(85,86)90-62-71(78)61-89-95(83,84)91-65-72(94-77(82)60-52-44-34-28-31-39-47-55-69(6)7)63-87-74(79)57-49-41-32-26-22-18-13-11-10-12-16-20-24-29-37-45-53-67(2)3/h67-73,78H,9-66H2,1-8H3,(H,83,84)(H,85,86)/t70?,71-,72-,73-/m1/s1. The number of phosphoric acid groups is 2. The first-order valence-electron chi connectivity index (χ1n) is 39.7. The number of aliphatic hydroxyl groups excluding tert-OH is 1. The molecule has 0 saturated heterocycles. The molecule has 96 heavy (non-hydrogen) atoms. The van der Waals surface area contributed by atoms with Gasteiger partial charge in [0.05, 0.1) is 26.4 Å². The Morgan fingerprint density at radius 1 is 0.292 bits per heavy atom. The van der Waals surface area contributed by atoms with E-state index in [2.05, 4.69) is 55.4 Å². The molecule has 6 atom stereocenters. The van der Waals surface area contributed by atoms with Gasteiger partial charge in [0.25, 0.3) is 0 Å². The fourth-order valence-electron chi connectivity index (χ4n) is 11.7. The normalized spacial score (nSPS) is 14.4. The first-order valence-corrected chi connectivity index (χ1v) is 42.7. The van der Waals surface area contributed by atoms with Crippen molar-refractivity contribution in [3.05, 3.63) is 0 Å². The first kappa shape index (κ1) is 94.1. The van der Waals surface area contributed by atoms with Crippen molar-refractivity contribution in [1.82, 2.24) is 0 Å². The van der Waals surface area contributed by atoms with Crippen LogP contribution in [0.15, 0.2) is 0 Å². The summed E-state index contributed by atoms with van der Waals surface area (Å²) in [5.41, 5.74) is 0. The third kappa shape index (κ3) is 69.2. The quantitative estimate of drug-likeness (QED) is 0.0222. The molecule has 0 aliphatic heterocycles. The molecule has 3 N–H and O–H groups in total. The van der Waals surface area contributed by atoms with E-state index in [-0.39, 0.29) is 25.7 Å². The van der Waals surface area contributed by atoms with Crippen molar-refractivity contribution in [2.24, 2.45) is 23.7 Å². The molecule has 17 nitrogen and oxygen atoms in total. The fraction of sp³-hybridized carbons (Fsp3) is 0.948. The summed E-state index contributed by atoms with van der Waals surface area (Å²) in [5.74, 6) is 0.911. The highest BCUT2D eigenvalue weighted by atomic mass is 31.2. The predicted octanol–water partition coefficient (Wildman–Crippen LogP) is 22.4. The number of hydrogen-bond donors (Lipinski definition) is 3. The van der Waals surface area contributed by atoms with Crippen LogP contribution >= 0.6 is 15.6 Å². The lowest BCUT2D eigenvalue weighted by molar-refractivity contribution is -0.161. The topological polar surface area (TPSA) is 237 Å². The van der Waals surface area contributed by atoms with Crippen LogP contribution in [0.5, 0.6) is 0 Å². The van der Waals surface area contributed by atoms with Crippen molar-refractivity contribution in [1.29, 1.82) is 0 Å². The number of carbonyl (C=O) groups is 4. The van der Waals surface area contributed by atoms with Gasteiger partial charge in [0.1, 0.15) is 19.3 Å². The van der Waals surface area contributed by atoms with Crippen LogP contribution in [0, 0.1) is 23.7 Å². The molecule has 0 aromatic rings. The van der Waals surface area contributed by atoms with Crippen molar-refractivity contribution >= 4 is 39.5 Å².